The number of rotatable bonds is 4. The molecule has 0 bridgehead atoms. The Morgan fingerprint density at radius 1 is 1.43 bits per heavy atom. The number of piperazine rings is 1. The van der Waals surface area contributed by atoms with Gasteiger partial charge in [0.25, 0.3) is 10.2 Å². The van der Waals surface area contributed by atoms with Gasteiger partial charge in [0.1, 0.15) is 12.1 Å². The van der Waals surface area contributed by atoms with Crippen LogP contribution in [-0.4, -0.2) is 67.9 Å². The van der Waals surface area contributed by atoms with Crippen LogP contribution >= 0.6 is 0 Å². The van der Waals surface area contributed by atoms with Gasteiger partial charge in [-0.1, -0.05) is 0 Å². The lowest BCUT2D eigenvalue weighted by Crippen LogP contribution is -2.58. The van der Waals surface area contributed by atoms with Gasteiger partial charge in [-0.25, -0.2) is 0 Å². The fourth-order valence-corrected chi connectivity index (χ4v) is 4.60. The first-order chi connectivity index (χ1) is 10.0. The molecule has 2 saturated heterocycles. The van der Waals surface area contributed by atoms with Crippen molar-refractivity contribution in [2.24, 2.45) is 0 Å². The predicted molar refractivity (Wildman–Crippen MR) is 74.3 cm³/mol. The maximum atomic E-state index is 12.7. The lowest BCUT2D eigenvalue weighted by molar-refractivity contribution is -0.146. The van der Waals surface area contributed by atoms with E-state index >= 15 is 0 Å². The van der Waals surface area contributed by atoms with Crippen molar-refractivity contribution in [3.8, 4) is 6.07 Å². The lowest BCUT2D eigenvalue weighted by Gasteiger charge is -2.35. The molecule has 9 heteroatoms. The summed E-state index contributed by atoms with van der Waals surface area (Å²) in [7, 11) is -3.83. The van der Waals surface area contributed by atoms with Gasteiger partial charge in [0, 0.05) is 26.2 Å². The summed E-state index contributed by atoms with van der Waals surface area (Å²) in [6, 6.07) is 0.477. The Hall–Kier alpha value is -1.21. The van der Waals surface area contributed by atoms with E-state index in [-0.39, 0.29) is 19.7 Å². The SMILES string of the molecule is CCOC(=O)C1CCCN1S(=O)(=O)N1CCNCC1C#N. The van der Waals surface area contributed by atoms with Gasteiger partial charge in [0.2, 0.25) is 0 Å². The van der Waals surface area contributed by atoms with Crippen LogP contribution in [0.2, 0.25) is 0 Å². The van der Waals surface area contributed by atoms with Crippen molar-refractivity contribution in [3.63, 3.8) is 0 Å². The molecule has 0 aliphatic carbocycles. The summed E-state index contributed by atoms with van der Waals surface area (Å²) >= 11 is 0. The van der Waals surface area contributed by atoms with Crippen molar-refractivity contribution in [2.75, 3.05) is 32.8 Å². The molecule has 2 unspecified atom stereocenters. The van der Waals surface area contributed by atoms with Crippen molar-refractivity contribution in [3.05, 3.63) is 0 Å². The third-order valence-corrected chi connectivity index (χ3v) is 5.76. The lowest BCUT2D eigenvalue weighted by atomic mass is 10.2. The minimum Gasteiger partial charge on any atom is -0.465 e. The van der Waals surface area contributed by atoms with E-state index in [0.29, 0.717) is 25.9 Å². The number of nitrogens with zero attached hydrogens (tertiary/aromatic N) is 3. The number of hydrogen-bond donors (Lipinski definition) is 1. The summed E-state index contributed by atoms with van der Waals surface area (Å²) in [5.41, 5.74) is 0. The third kappa shape index (κ3) is 3.18. The highest BCUT2D eigenvalue weighted by Crippen LogP contribution is 2.25. The first-order valence-corrected chi connectivity index (χ1v) is 8.47. The van der Waals surface area contributed by atoms with E-state index in [1.807, 2.05) is 6.07 Å². The number of nitriles is 1. The topological polar surface area (TPSA) is 103 Å². The molecule has 2 heterocycles. The molecule has 0 spiro atoms. The standard InChI is InChI=1S/C12H20N4O4S/c1-2-20-12(17)11-4-3-6-16(11)21(18,19)15-7-5-14-9-10(15)8-13/h10-11,14H,2-7,9H2,1H3. The molecule has 118 valence electrons. The predicted octanol–water partition coefficient (Wildman–Crippen LogP) is -0.944. The Labute approximate surface area is 124 Å². The number of nitrogens with one attached hydrogen (secondary N) is 1. The monoisotopic (exact) mass is 316 g/mol. The van der Waals surface area contributed by atoms with Gasteiger partial charge in [0.05, 0.1) is 12.7 Å². The van der Waals surface area contributed by atoms with Gasteiger partial charge in [0.15, 0.2) is 0 Å². The minimum atomic E-state index is -3.83. The smallest absolute Gasteiger partial charge is 0.324 e. The van der Waals surface area contributed by atoms with E-state index in [1.54, 1.807) is 6.92 Å². The van der Waals surface area contributed by atoms with E-state index in [4.69, 9.17) is 10.00 Å². The van der Waals surface area contributed by atoms with Crippen LogP contribution in [-0.2, 0) is 19.7 Å². The molecule has 2 atom stereocenters. The summed E-state index contributed by atoms with van der Waals surface area (Å²) in [4.78, 5) is 11.9. The minimum absolute atomic E-state index is 0.220. The molecule has 2 rings (SSSR count). The average Bonchev–Trinajstić information content (AvgIpc) is 2.97. The van der Waals surface area contributed by atoms with Crippen LogP contribution in [0.25, 0.3) is 0 Å². The molecule has 2 aliphatic rings. The third-order valence-electron chi connectivity index (χ3n) is 3.70. The second kappa shape index (κ2) is 6.70. The fraction of sp³-hybridized carbons (Fsp3) is 0.833. The summed E-state index contributed by atoms with van der Waals surface area (Å²) < 4.78 is 32.8. The van der Waals surface area contributed by atoms with Crippen LogP contribution in [0.4, 0.5) is 0 Å². The number of ether oxygens (including phenoxy) is 1. The summed E-state index contributed by atoms with van der Waals surface area (Å²) in [6.07, 6.45) is 1.08. The van der Waals surface area contributed by atoms with Crippen LogP contribution in [0.5, 0.6) is 0 Å². The van der Waals surface area contributed by atoms with Crippen LogP contribution < -0.4 is 5.32 Å². The molecule has 0 aromatic carbocycles. The molecule has 2 fully saturated rings. The zero-order valence-electron chi connectivity index (χ0n) is 12.0. The van der Waals surface area contributed by atoms with Gasteiger partial charge in [-0.2, -0.15) is 22.3 Å². The van der Waals surface area contributed by atoms with Crippen LogP contribution in [0, 0.1) is 11.3 Å². The Morgan fingerprint density at radius 3 is 2.86 bits per heavy atom. The molecular weight excluding hydrogens is 296 g/mol. The van der Waals surface area contributed by atoms with Gasteiger partial charge in [-0.3, -0.25) is 4.79 Å². The van der Waals surface area contributed by atoms with E-state index in [2.05, 4.69) is 5.32 Å². The van der Waals surface area contributed by atoms with Gasteiger partial charge in [-0.15, -0.1) is 0 Å². The molecule has 21 heavy (non-hydrogen) atoms. The van der Waals surface area contributed by atoms with Crippen molar-refractivity contribution >= 4 is 16.2 Å². The molecular formula is C12H20N4O4S. The number of carbonyl (C=O) groups is 1. The molecule has 0 radical (unpaired) electrons. The van der Waals surface area contributed by atoms with Crippen LogP contribution in [0.1, 0.15) is 19.8 Å². The highest BCUT2D eigenvalue weighted by atomic mass is 32.2. The van der Waals surface area contributed by atoms with Crippen molar-refractivity contribution in [1.29, 1.82) is 5.26 Å². The highest BCUT2D eigenvalue weighted by Gasteiger charge is 2.44. The molecule has 2 aliphatic heterocycles. The summed E-state index contributed by atoms with van der Waals surface area (Å²) in [6.45, 7) is 3.22. The van der Waals surface area contributed by atoms with Crippen molar-refractivity contribution in [1.82, 2.24) is 13.9 Å². The molecule has 0 aromatic rings. The molecule has 1 N–H and O–H groups in total. The molecule has 0 amide bonds. The first kappa shape index (κ1) is 16.2. The zero-order chi connectivity index (χ0) is 15.5. The first-order valence-electron chi connectivity index (χ1n) is 7.08. The van der Waals surface area contributed by atoms with E-state index in [0.717, 1.165) is 0 Å². The van der Waals surface area contributed by atoms with Crippen LogP contribution in [0.3, 0.4) is 0 Å². The Kier molecular flexibility index (Phi) is 5.16. The normalized spacial score (nSPS) is 28.2. The molecule has 0 aromatic heterocycles. The van der Waals surface area contributed by atoms with Gasteiger partial charge >= 0.3 is 5.97 Å². The van der Waals surface area contributed by atoms with E-state index < -0.39 is 28.3 Å². The van der Waals surface area contributed by atoms with E-state index in [1.165, 1.54) is 8.61 Å². The number of carbonyl (C=O) groups excluding carboxylic acids is 1. The largest absolute Gasteiger partial charge is 0.465 e. The van der Waals surface area contributed by atoms with Crippen molar-refractivity contribution < 1.29 is 17.9 Å². The van der Waals surface area contributed by atoms with E-state index in [9.17, 15) is 13.2 Å². The van der Waals surface area contributed by atoms with Crippen molar-refractivity contribution in [2.45, 2.75) is 31.8 Å². The number of esters is 1. The quantitative estimate of drug-likeness (QED) is 0.671. The fourth-order valence-electron chi connectivity index (χ4n) is 2.70. The summed E-state index contributed by atoms with van der Waals surface area (Å²) in [5, 5.41) is 12.1. The van der Waals surface area contributed by atoms with Crippen LogP contribution in [0.15, 0.2) is 0 Å². The Balaban J connectivity index is 2.21. The Bertz CT molecular complexity index is 530. The maximum Gasteiger partial charge on any atom is 0.324 e. The summed E-state index contributed by atoms with van der Waals surface area (Å²) in [5.74, 6) is -0.512. The molecule has 8 nitrogen and oxygen atoms in total. The second-order valence-electron chi connectivity index (χ2n) is 4.99. The Morgan fingerprint density at radius 2 is 2.19 bits per heavy atom. The number of hydrogen-bond acceptors (Lipinski definition) is 6. The second-order valence-corrected chi connectivity index (χ2v) is 6.82. The van der Waals surface area contributed by atoms with Gasteiger partial charge in [-0.05, 0) is 19.8 Å². The highest BCUT2D eigenvalue weighted by molar-refractivity contribution is 7.86. The average molecular weight is 316 g/mol. The molecule has 0 saturated carbocycles. The van der Waals surface area contributed by atoms with Gasteiger partial charge < -0.3 is 10.1 Å². The maximum absolute atomic E-state index is 12.7. The zero-order valence-corrected chi connectivity index (χ0v) is 12.8.